The minimum absolute atomic E-state index is 0.00331. The molecule has 1 aliphatic heterocycles. The molecule has 0 bridgehead atoms. The molecule has 2 heterocycles. The molecule has 0 radical (unpaired) electrons. The van der Waals surface area contributed by atoms with Crippen molar-refractivity contribution in [3.05, 3.63) is 59.8 Å². The van der Waals surface area contributed by atoms with E-state index < -0.39 is 0 Å². The van der Waals surface area contributed by atoms with Crippen molar-refractivity contribution in [2.45, 2.75) is 25.4 Å². The Hall–Kier alpha value is -3.15. The molecule has 4 rings (SSSR count). The normalized spacial score (nSPS) is 16.4. The van der Waals surface area contributed by atoms with Gasteiger partial charge in [-0.1, -0.05) is 18.2 Å². The van der Waals surface area contributed by atoms with E-state index in [1.807, 2.05) is 41.3 Å². The van der Waals surface area contributed by atoms with Gasteiger partial charge in [-0.3, -0.25) is 0 Å². The Morgan fingerprint density at radius 2 is 2.04 bits per heavy atom. The summed E-state index contributed by atoms with van der Waals surface area (Å²) in [5, 5.41) is 4.20. The molecule has 6 heteroatoms. The maximum absolute atomic E-state index is 12.9. The van der Waals surface area contributed by atoms with Crippen molar-refractivity contribution >= 4 is 16.9 Å². The Kier molecular flexibility index (Phi) is 5.10. The van der Waals surface area contributed by atoms with Crippen LogP contribution in [0.1, 0.15) is 30.1 Å². The van der Waals surface area contributed by atoms with Crippen LogP contribution in [0.3, 0.4) is 0 Å². The third-order valence-electron chi connectivity index (χ3n) is 5.33. The quantitative estimate of drug-likeness (QED) is 0.697. The summed E-state index contributed by atoms with van der Waals surface area (Å²) in [6.07, 6.45) is 1.89. The highest BCUT2D eigenvalue weighted by Gasteiger charge is 2.32. The van der Waals surface area contributed by atoms with Gasteiger partial charge in [0.05, 0.1) is 26.8 Å². The second-order valence-corrected chi connectivity index (χ2v) is 7.00. The highest BCUT2D eigenvalue weighted by molar-refractivity contribution is 5.80. The van der Waals surface area contributed by atoms with Crippen LogP contribution in [0.5, 0.6) is 11.5 Å². The fourth-order valence-electron chi connectivity index (χ4n) is 3.93. The fourth-order valence-corrected chi connectivity index (χ4v) is 3.93. The van der Waals surface area contributed by atoms with Crippen LogP contribution in [0.2, 0.25) is 0 Å². The Labute approximate surface area is 164 Å². The van der Waals surface area contributed by atoms with Gasteiger partial charge in [0.1, 0.15) is 11.5 Å². The maximum atomic E-state index is 12.9. The van der Waals surface area contributed by atoms with Crippen LogP contribution >= 0.6 is 0 Å². The predicted octanol–water partition coefficient (Wildman–Crippen LogP) is 4.23. The Bertz CT molecular complexity index is 949. The van der Waals surface area contributed by atoms with Crippen LogP contribution in [0.15, 0.2) is 48.5 Å². The molecule has 28 heavy (non-hydrogen) atoms. The van der Waals surface area contributed by atoms with Gasteiger partial charge in [0, 0.05) is 29.4 Å². The number of amides is 2. The van der Waals surface area contributed by atoms with E-state index in [0.29, 0.717) is 6.54 Å². The largest absolute Gasteiger partial charge is 0.497 e. The lowest BCUT2D eigenvalue weighted by atomic mass is 10.0. The van der Waals surface area contributed by atoms with Crippen molar-refractivity contribution < 1.29 is 14.3 Å². The molecule has 3 aromatic rings. The second kappa shape index (κ2) is 7.84. The van der Waals surface area contributed by atoms with Crippen molar-refractivity contribution in [3.63, 3.8) is 0 Å². The van der Waals surface area contributed by atoms with Gasteiger partial charge >= 0.3 is 6.03 Å². The highest BCUT2D eigenvalue weighted by atomic mass is 16.5. The van der Waals surface area contributed by atoms with Crippen LogP contribution < -0.4 is 14.8 Å². The molecule has 1 saturated heterocycles. The summed E-state index contributed by atoms with van der Waals surface area (Å²) in [4.78, 5) is 18.1. The Morgan fingerprint density at radius 3 is 2.82 bits per heavy atom. The number of nitrogens with one attached hydrogen (secondary N) is 2. The van der Waals surface area contributed by atoms with Crippen LogP contribution in [0, 0.1) is 0 Å². The first-order valence-electron chi connectivity index (χ1n) is 9.52. The molecule has 1 atom stereocenters. The number of fused-ring (bicyclic) bond motifs is 1. The van der Waals surface area contributed by atoms with Crippen LogP contribution in [-0.2, 0) is 6.54 Å². The predicted molar refractivity (Wildman–Crippen MR) is 109 cm³/mol. The number of urea groups is 1. The molecule has 2 N–H and O–H groups in total. The molecule has 1 aromatic heterocycles. The number of carbonyl (C=O) groups is 1. The third-order valence-corrected chi connectivity index (χ3v) is 5.33. The molecule has 1 unspecified atom stereocenters. The van der Waals surface area contributed by atoms with E-state index in [1.54, 1.807) is 14.2 Å². The van der Waals surface area contributed by atoms with Crippen molar-refractivity contribution in [2.75, 3.05) is 20.8 Å². The number of carbonyl (C=O) groups excluding carboxylic acids is 1. The summed E-state index contributed by atoms with van der Waals surface area (Å²) >= 11 is 0. The molecule has 2 amide bonds. The van der Waals surface area contributed by atoms with E-state index in [4.69, 9.17) is 9.47 Å². The SMILES string of the molecule is COc1ccc(C2CCCN2C(=O)NCc2cc3ccccc3[nH]2)c(OC)c1. The average molecular weight is 379 g/mol. The standard InChI is InChI=1S/C22H25N3O3/c1-27-17-9-10-18(21(13-17)28-2)20-8-5-11-25(20)22(26)23-14-16-12-15-6-3-4-7-19(15)24-16/h3-4,6-7,9-10,12-13,20,24H,5,8,11,14H2,1-2H3,(H,23,26). The number of likely N-dealkylation sites (tertiary alicyclic amines) is 1. The number of benzene rings is 2. The van der Waals surface area contributed by atoms with Crippen molar-refractivity contribution in [1.82, 2.24) is 15.2 Å². The first-order valence-corrected chi connectivity index (χ1v) is 9.52. The molecule has 146 valence electrons. The summed E-state index contributed by atoms with van der Waals surface area (Å²) in [5.41, 5.74) is 3.09. The molecular formula is C22H25N3O3. The first kappa shape index (κ1) is 18.2. The number of aromatic nitrogens is 1. The zero-order valence-corrected chi connectivity index (χ0v) is 16.2. The molecule has 0 aliphatic carbocycles. The van der Waals surface area contributed by atoms with Gasteiger partial charge in [-0.05, 0) is 42.5 Å². The van der Waals surface area contributed by atoms with Gasteiger partial charge in [0.25, 0.3) is 0 Å². The fraction of sp³-hybridized carbons (Fsp3) is 0.318. The number of H-pyrrole nitrogens is 1. The third kappa shape index (κ3) is 3.50. The average Bonchev–Trinajstić information content (AvgIpc) is 3.38. The van der Waals surface area contributed by atoms with Gasteiger partial charge in [0.15, 0.2) is 0 Å². The maximum Gasteiger partial charge on any atom is 0.318 e. The number of methoxy groups -OCH3 is 2. The molecular weight excluding hydrogens is 354 g/mol. The van der Waals surface area contributed by atoms with Gasteiger partial charge < -0.3 is 24.7 Å². The van der Waals surface area contributed by atoms with E-state index in [0.717, 1.165) is 53.0 Å². The number of rotatable bonds is 5. The minimum Gasteiger partial charge on any atom is -0.497 e. The number of para-hydroxylation sites is 1. The van der Waals surface area contributed by atoms with E-state index in [-0.39, 0.29) is 12.1 Å². The van der Waals surface area contributed by atoms with Crippen LogP contribution in [-0.4, -0.2) is 36.7 Å². The van der Waals surface area contributed by atoms with Crippen molar-refractivity contribution in [3.8, 4) is 11.5 Å². The van der Waals surface area contributed by atoms with E-state index in [9.17, 15) is 4.79 Å². The monoisotopic (exact) mass is 379 g/mol. The lowest BCUT2D eigenvalue weighted by Gasteiger charge is -2.26. The van der Waals surface area contributed by atoms with Crippen molar-refractivity contribution in [2.24, 2.45) is 0 Å². The van der Waals surface area contributed by atoms with Gasteiger partial charge in [-0.25, -0.2) is 4.79 Å². The lowest BCUT2D eigenvalue weighted by Crippen LogP contribution is -2.39. The number of hydrogen-bond acceptors (Lipinski definition) is 3. The second-order valence-electron chi connectivity index (χ2n) is 7.00. The Balaban J connectivity index is 1.47. The summed E-state index contributed by atoms with van der Waals surface area (Å²) < 4.78 is 10.8. The molecule has 2 aromatic carbocycles. The molecule has 1 aliphatic rings. The number of nitrogens with zero attached hydrogens (tertiary/aromatic N) is 1. The highest BCUT2D eigenvalue weighted by Crippen LogP contribution is 2.38. The van der Waals surface area contributed by atoms with E-state index in [2.05, 4.69) is 22.4 Å². The summed E-state index contributed by atoms with van der Waals surface area (Å²) in [5.74, 6) is 1.49. The zero-order chi connectivity index (χ0) is 19.5. The van der Waals surface area contributed by atoms with Crippen molar-refractivity contribution in [1.29, 1.82) is 0 Å². The summed E-state index contributed by atoms with van der Waals surface area (Å²) in [6.45, 7) is 1.20. The lowest BCUT2D eigenvalue weighted by molar-refractivity contribution is 0.191. The van der Waals surface area contributed by atoms with E-state index >= 15 is 0 Å². The number of aromatic amines is 1. The molecule has 6 nitrogen and oxygen atoms in total. The zero-order valence-electron chi connectivity index (χ0n) is 16.2. The van der Waals surface area contributed by atoms with Crippen LogP contribution in [0.4, 0.5) is 4.79 Å². The van der Waals surface area contributed by atoms with E-state index in [1.165, 1.54) is 0 Å². The molecule has 0 spiro atoms. The number of ether oxygens (including phenoxy) is 2. The number of hydrogen-bond donors (Lipinski definition) is 2. The summed E-state index contributed by atoms with van der Waals surface area (Å²) in [6, 6.07) is 15.9. The first-order chi connectivity index (χ1) is 13.7. The molecule has 1 fully saturated rings. The smallest absolute Gasteiger partial charge is 0.318 e. The summed E-state index contributed by atoms with van der Waals surface area (Å²) in [7, 11) is 3.28. The van der Waals surface area contributed by atoms with Crippen LogP contribution in [0.25, 0.3) is 10.9 Å². The molecule has 0 saturated carbocycles. The minimum atomic E-state index is -0.0565. The Morgan fingerprint density at radius 1 is 1.18 bits per heavy atom. The van der Waals surface area contributed by atoms with Gasteiger partial charge in [-0.2, -0.15) is 0 Å². The van der Waals surface area contributed by atoms with Gasteiger partial charge in [-0.15, -0.1) is 0 Å². The topological polar surface area (TPSA) is 66.6 Å². The van der Waals surface area contributed by atoms with Gasteiger partial charge in [0.2, 0.25) is 0 Å².